The zero-order chi connectivity index (χ0) is 8.27. The molecule has 0 radical (unpaired) electrons. The molecule has 62 valence electrons. The molecule has 3 N–H and O–H groups in total. The topological polar surface area (TPSA) is 54.7 Å². The molecule has 0 fully saturated rings. The largest absolute Gasteiger partial charge is 0.396 e. The van der Waals surface area contributed by atoms with Crippen LogP contribution in [0.4, 0.5) is 5.69 Å². The summed E-state index contributed by atoms with van der Waals surface area (Å²) in [6.45, 7) is 4.39. The molecular weight excluding hydrogens is 138 g/mol. The summed E-state index contributed by atoms with van der Waals surface area (Å²) in [6, 6.07) is 0. The van der Waals surface area contributed by atoms with Crippen molar-refractivity contribution in [2.24, 2.45) is 5.92 Å². The van der Waals surface area contributed by atoms with Crippen molar-refractivity contribution in [2.45, 2.75) is 26.7 Å². The number of hydrogen-bond donors (Lipinski definition) is 2. The van der Waals surface area contributed by atoms with Crippen LogP contribution in [0.2, 0.25) is 0 Å². The normalized spacial score (nSPS) is 13.3. The Morgan fingerprint density at radius 2 is 2.45 bits per heavy atom. The number of H-pyrrole nitrogens is 1. The van der Waals surface area contributed by atoms with E-state index in [0.717, 1.165) is 17.8 Å². The van der Waals surface area contributed by atoms with Crippen LogP contribution in [0.15, 0.2) is 6.20 Å². The van der Waals surface area contributed by atoms with Crippen LogP contribution in [0.1, 0.15) is 26.0 Å². The Morgan fingerprint density at radius 3 is 2.91 bits per heavy atom. The minimum Gasteiger partial charge on any atom is -0.396 e. The fourth-order valence-electron chi connectivity index (χ4n) is 0.978. The first-order valence-corrected chi connectivity index (χ1v) is 4.01. The molecule has 3 nitrogen and oxygen atoms in total. The SMILES string of the molecule is CCC(C)Cc1[nH]ncc1N. The summed E-state index contributed by atoms with van der Waals surface area (Å²) < 4.78 is 0. The summed E-state index contributed by atoms with van der Waals surface area (Å²) in [5.41, 5.74) is 7.50. The number of hydrogen-bond acceptors (Lipinski definition) is 2. The Morgan fingerprint density at radius 1 is 1.73 bits per heavy atom. The van der Waals surface area contributed by atoms with Crippen LogP contribution in [0.3, 0.4) is 0 Å². The third kappa shape index (κ3) is 1.97. The molecule has 0 bridgehead atoms. The van der Waals surface area contributed by atoms with Gasteiger partial charge in [-0.2, -0.15) is 5.10 Å². The minimum absolute atomic E-state index is 0.678. The van der Waals surface area contributed by atoms with Crippen LogP contribution < -0.4 is 5.73 Å². The van der Waals surface area contributed by atoms with E-state index in [1.807, 2.05) is 0 Å². The Hall–Kier alpha value is -0.990. The van der Waals surface area contributed by atoms with Gasteiger partial charge < -0.3 is 5.73 Å². The van der Waals surface area contributed by atoms with Gasteiger partial charge in [-0.1, -0.05) is 20.3 Å². The van der Waals surface area contributed by atoms with Gasteiger partial charge in [-0.3, -0.25) is 5.10 Å². The van der Waals surface area contributed by atoms with Crippen molar-refractivity contribution in [1.29, 1.82) is 0 Å². The van der Waals surface area contributed by atoms with Gasteiger partial charge in [0.2, 0.25) is 0 Å². The van der Waals surface area contributed by atoms with Crippen LogP contribution in [-0.2, 0) is 6.42 Å². The molecule has 0 saturated carbocycles. The maximum atomic E-state index is 5.65. The molecule has 1 aromatic rings. The van der Waals surface area contributed by atoms with Crippen LogP contribution in [0.25, 0.3) is 0 Å². The second-order valence-corrected chi connectivity index (χ2v) is 3.02. The van der Waals surface area contributed by atoms with E-state index in [4.69, 9.17) is 5.73 Å². The van der Waals surface area contributed by atoms with E-state index in [-0.39, 0.29) is 0 Å². The van der Waals surface area contributed by atoms with Crippen molar-refractivity contribution in [2.75, 3.05) is 5.73 Å². The molecule has 0 amide bonds. The van der Waals surface area contributed by atoms with Crippen LogP contribution in [0, 0.1) is 5.92 Å². The fraction of sp³-hybridized carbons (Fsp3) is 0.625. The summed E-state index contributed by atoms with van der Waals surface area (Å²) in [6.07, 6.45) is 3.85. The third-order valence-electron chi connectivity index (χ3n) is 2.00. The molecule has 1 atom stereocenters. The zero-order valence-electron chi connectivity index (χ0n) is 7.09. The van der Waals surface area contributed by atoms with Gasteiger partial charge in [-0.25, -0.2) is 0 Å². The van der Waals surface area contributed by atoms with Crippen molar-refractivity contribution in [3.8, 4) is 0 Å². The van der Waals surface area contributed by atoms with Crippen molar-refractivity contribution in [1.82, 2.24) is 10.2 Å². The lowest BCUT2D eigenvalue weighted by molar-refractivity contribution is 0.552. The first-order valence-electron chi connectivity index (χ1n) is 4.01. The Bertz CT molecular complexity index is 217. The molecule has 11 heavy (non-hydrogen) atoms. The van der Waals surface area contributed by atoms with Gasteiger partial charge in [0.1, 0.15) is 0 Å². The number of nitrogen functional groups attached to an aromatic ring is 1. The van der Waals surface area contributed by atoms with Crippen LogP contribution in [-0.4, -0.2) is 10.2 Å². The molecule has 1 rings (SSSR count). The number of nitrogens with one attached hydrogen (secondary N) is 1. The summed E-state index contributed by atoms with van der Waals surface area (Å²) >= 11 is 0. The first-order chi connectivity index (χ1) is 5.24. The number of anilines is 1. The molecular formula is C8H15N3. The lowest BCUT2D eigenvalue weighted by Crippen LogP contribution is -2.00. The third-order valence-corrected chi connectivity index (χ3v) is 2.00. The van der Waals surface area contributed by atoms with Gasteiger partial charge in [0.25, 0.3) is 0 Å². The maximum Gasteiger partial charge on any atom is 0.0730 e. The second-order valence-electron chi connectivity index (χ2n) is 3.02. The minimum atomic E-state index is 0.678. The Balaban J connectivity index is 2.56. The van der Waals surface area contributed by atoms with E-state index < -0.39 is 0 Å². The molecule has 0 aliphatic heterocycles. The summed E-state index contributed by atoms with van der Waals surface area (Å²) in [7, 11) is 0. The highest BCUT2D eigenvalue weighted by Crippen LogP contribution is 2.13. The zero-order valence-corrected chi connectivity index (χ0v) is 7.09. The van der Waals surface area contributed by atoms with E-state index in [0.29, 0.717) is 5.92 Å². The van der Waals surface area contributed by atoms with Gasteiger partial charge in [0.15, 0.2) is 0 Å². The molecule has 0 aliphatic carbocycles. The van der Waals surface area contributed by atoms with Gasteiger partial charge in [0, 0.05) is 0 Å². The number of rotatable bonds is 3. The molecule has 1 heterocycles. The van der Waals surface area contributed by atoms with E-state index in [9.17, 15) is 0 Å². The average Bonchev–Trinajstić information content (AvgIpc) is 2.37. The van der Waals surface area contributed by atoms with Gasteiger partial charge in [0.05, 0.1) is 17.6 Å². The maximum absolute atomic E-state index is 5.65. The van der Waals surface area contributed by atoms with Gasteiger partial charge >= 0.3 is 0 Å². The van der Waals surface area contributed by atoms with E-state index in [2.05, 4.69) is 24.0 Å². The van der Waals surface area contributed by atoms with E-state index >= 15 is 0 Å². The van der Waals surface area contributed by atoms with Crippen molar-refractivity contribution in [3.05, 3.63) is 11.9 Å². The molecule has 0 saturated heterocycles. The van der Waals surface area contributed by atoms with E-state index in [1.54, 1.807) is 6.20 Å². The van der Waals surface area contributed by atoms with Crippen molar-refractivity contribution < 1.29 is 0 Å². The van der Waals surface area contributed by atoms with Gasteiger partial charge in [-0.05, 0) is 12.3 Å². The predicted molar refractivity (Wildman–Crippen MR) is 46.2 cm³/mol. The summed E-state index contributed by atoms with van der Waals surface area (Å²) in [5, 5.41) is 6.75. The van der Waals surface area contributed by atoms with Crippen molar-refractivity contribution >= 4 is 5.69 Å². The van der Waals surface area contributed by atoms with Crippen LogP contribution >= 0.6 is 0 Å². The molecule has 3 heteroatoms. The standard InChI is InChI=1S/C8H15N3/c1-3-6(2)4-8-7(9)5-10-11-8/h5-6H,3-4,9H2,1-2H3,(H,10,11). The average molecular weight is 153 g/mol. The fourth-order valence-corrected chi connectivity index (χ4v) is 0.978. The molecule has 0 aliphatic rings. The lowest BCUT2D eigenvalue weighted by atomic mass is 10.0. The predicted octanol–water partition coefficient (Wildman–Crippen LogP) is 1.58. The highest BCUT2D eigenvalue weighted by Gasteiger charge is 2.05. The Labute approximate surface area is 67.0 Å². The molecule has 1 unspecified atom stereocenters. The molecule has 1 aromatic heterocycles. The monoisotopic (exact) mass is 153 g/mol. The second kappa shape index (κ2) is 3.42. The number of aromatic nitrogens is 2. The summed E-state index contributed by atoms with van der Waals surface area (Å²) in [5.74, 6) is 0.678. The lowest BCUT2D eigenvalue weighted by Gasteiger charge is -2.05. The number of nitrogens with two attached hydrogens (primary N) is 1. The van der Waals surface area contributed by atoms with Gasteiger partial charge in [-0.15, -0.1) is 0 Å². The quantitative estimate of drug-likeness (QED) is 0.692. The molecule has 0 aromatic carbocycles. The Kier molecular flexibility index (Phi) is 2.52. The molecule has 0 spiro atoms. The number of aromatic amines is 1. The van der Waals surface area contributed by atoms with E-state index in [1.165, 1.54) is 6.42 Å². The summed E-state index contributed by atoms with van der Waals surface area (Å²) in [4.78, 5) is 0. The van der Waals surface area contributed by atoms with Crippen molar-refractivity contribution in [3.63, 3.8) is 0 Å². The highest BCUT2D eigenvalue weighted by molar-refractivity contribution is 5.39. The first kappa shape index (κ1) is 8.11. The number of nitrogens with zero attached hydrogens (tertiary/aromatic N) is 1. The highest BCUT2D eigenvalue weighted by atomic mass is 15.1. The smallest absolute Gasteiger partial charge is 0.0730 e. The van der Waals surface area contributed by atoms with Crippen LogP contribution in [0.5, 0.6) is 0 Å².